The highest BCUT2D eigenvalue weighted by Gasteiger charge is 2.27. The van der Waals surface area contributed by atoms with Crippen LogP contribution in [0.2, 0.25) is 0 Å². The van der Waals surface area contributed by atoms with Crippen LogP contribution in [-0.2, 0) is 4.79 Å². The number of rotatable bonds is 3. The maximum absolute atomic E-state index is 12.6. The SMILES string of the molecule is CN(C)C(=O)N1CCN(C(=O)CN2CCN(c3ccccn3)CC2)CC1. The number of nitrogens with zero attached hydrogens (tertiary/aromatic N) is 6. The zero-order valence-electron chi connectivity index (χ0n) is 15.7. The molecule has 2 aliphatic heterocycles. The molecule has 142 valence electrons. The Labute approximate surface area is 155 Å². The van der Waals surface area contributed by atoms with Crippen molar-refractivity contribution < 1.29 is 9.59 Å². The minimum Gasteiger partial charge on any atom is -0.354 e. The molecule has 26 heavy (non-hydrogen) atoms. The summed E-state index contributed by atoms with van der Waals surface area (Å²) in [6.07, 6.45) is 1.81. The lowest BCUT2D eigenvalue weighted by Gasteiger charge is -2.38. The van der Waals surface area contributed by atoms with Crippen LogP contribution in [0.3, 0.4) is 0 Å². The van der Waals surface area contributed by atoms with Crippen molar-refractivity contribution in [3.63, 3.8) is 0 Å². The van der Waals surface area contributed by atoms with E-state index in [1.54, 1.807) is 23.9 Å². The van der Waals surface area contributed by atoms with Gasteiger partial charge in [-0.1, -0.05) is 6.07 Å². The molecule has 2 aliphatic rings. The van der Waals surface area contributed by atoms with Gasteiger partial charge in [-0.25, -0.2) is 9.78 Å². The second-order valence-corrected chi connectivity index (χ2v) is 7.00. The minimum absolute atomic E-state index is 0.0164. The topological polar surface area (TPSA) is 63.2 Å². The number of amides is 3. The van der Waals surface area contributed by atoms with Gasteiger partial charge in [0.2, 0.25) is 5.91 Å². The van der Waals surface area contributed by atoms with Gasteiger partial charge in [0.1, 0.15) is 5.82 Å². The number of anilines is 1. The van der Waals surface area contributed by atoms with Crippen LogP contribution in [0.15, 0.2) is 24.4 Å². The number of hydrogen-bond donors (Lipinski definition) is 0. The second-order valence-electron chi connectivity index (χ2n) is 7.00. The highest BCUT2D eigenvalue weighted by molar-refractivity contribution is 5.79. The Bertz CT molecular complexity index is 607. The van der Waals surface area contributed by atoms with Crippen molar-refractivity contribution in [3.05, 3.63) is 24.4 Å². The van der Waals surface area contributed by atoms with Crippen molar-refractivity contribution in [1.29, 1.82) is 0 Å². The highest BCUT2D eigenvalue weighted by Crippen LogP contribution is 2.13. The first-order valence-corrected chi connectivity index (χ1v) is 9.17. The Morgan fingerprint density at radius 2 is 1.62 bits per heavy atom. The van der Waals surface area contributed by atoms with E-state index >= 15 is 0 Å². The summed E-state index contributed by atoms with van der Waals surface area (Å²) in [7, 11) is 3.51. The van der Waals surface area contributed by atoms with Crippen LogP contribution in [0.5, 0.6) is 0 Å². The molecule has 0 spiro atoms. The van der Waals surface area contributed by atoms with Gasteiger partial charge >= 0.3 is 6.03 Å². The van der Waals surface area contributed by atoms with Crippen molar-refractivity contribution in [3.8, 4) is 0 Å². The highest BCUT2D eigenvalue weighted by atomic mass is 16.2. The molecule has 0 bridgehead atoms. The number of pyridine rings is 1. The number of aromatic nitrogens is 1. The van der Waals surface area contributed by atoms with Crippen LogP contribution >= 0.6 is 0 Å². The summed E-state index contributed by atoms with van der Waals surface area (Å²) >= 11 is 0. The molecule has 8 heteroatoms. The summed E-state index contributed by atoms with van der Waals surface area (Å²) in [6, 6.07) is 5.96. The third-order valence-electron chi connectivity index (χ3n) is 4.99. The van der Waals surface area contributed by atoms with E-state index in [1.165, 1.54) is 0 Å². The molecule has 2 saturated heterocycles. The normalized spacial score (nSPS) is 18.8. The molecule has 0 aliphatic carbocycles. The Hall–Kier alpha value is -2.35. The fourth-order valence-corrected chi connectivity index (χ4v) is 3.40. The molecule has 1 aromatic heterocycles. The molecule has 0 N–H and O–H groups in total. The maximum Gasteiger partial charge on any atom is 0.319 e. The van der Waals surface area contributed by atoms with Crippen LogP contribution < -0.4 is 4.90 Å². The summed E-state index contributed by atoms with van der Waals surface area (Å²) in [5.74, 6) is 1.16. The van der Waals surface area contributed by atoms with E-state index in [0.29, 0.717) is 32.7 Å². The van der Waals surface area contributed by atoms with Gasteiger partial charge in [-0.3, -0.25) is 9.69 Å². The molecule has 3 amide bonds. The summed E-state index contributed by atoms with van der Waals surface area (Å²) in [6.45, 7) is 6.40. The van der Waals surface area contributed by atoms with Crippen LogP contribution in [0.1, 0.15) is 0 Å². The molecule has 0 unspecified atom stereocenters. The average Bonchev–Trinajstić information content (AvgIpc) is 2.68. The summed E-state index contributed by atoms with van der Waals surface area (Å²) in [5, 5.41) is 0. The Morgan fingerprint density at radius 3 is 2.19 bits per heavy atom. The van der Waals surface area contributed by atoms with Gasteiger partial charge in [0.05, 0.1) is 6.54 Å². The lowest BCUT2D eigenvalue weighted by atomic mass is 10.2. The summed E-state index contributed by atoms with van der Waals surface area (Å²) < 4.78 is 0. The molecular formula is C18H28N6O2. The third-order valence-corrected chi connectivity index (χ3v) is 4.99. The van der Waals surface area contributed by atoms with Crippen LogP contribution in [-0.4, -0.2) is 110 Å². The summed E-state index contributed by atoms with van der Waals surface area (Å²) in [4.78, 5) is 38.7. The molecule has 2 fully saturated rings. The van der Waals surface area contributed by atoms with Gasteiger partial charge in [-0.15, -0.1) is 0 Å². The molecule has 3 heterocycles. The monoisotopic (exact) mass is 360 g/mol. The average molecular weight is 360 g/mol. The standard InChI is InChI=1S/C18H28N6O2/c1-20(2)18(26)24-13-11-23(12-14-24)17(25)15-21-7-9-22(10-8-21)16-5-3-4-6-19-16/h3-6H,7-15H2,1-2H3. The van der Waals surface area contributed by atoms with E-state index < -0.39 is 0 Å². The zero-order chi connectivity index (χ0) is 18.5. The van der Waals surface area contributed by atoms with Crippen LogP contribution in [0, 0.1) is 0 Å². The Morgan fingerprint density at radius 1 is 0.962 bits per heavy atom. The van der Waals surface area contributed by atoms with Gasteiger partial charge in [0.15, 0.2) is 0 Å². The van der Waals surface area contributed by atoms with Crippen molar-refractivity contribution in [1.82, 2.24) is 24.6 Å². The predicted molar refractivity (Wildman–Crippen MR) is 100 cm³/mol. The van der Waals surface area contributed by atoms with Crippen LogP contribution in [0.25, 0.3) is 0 Å². The van der Waals surface area contributed by atoms with Gasteiger partial charge in [0, 0.05) is 72.7 Å². The van der Waals surface area contributed by atoms with Crippen molar-refractivity contribution in [2.45, 2.75) is 0 Å². The first-order valence-electron chi connectivity index (χ1n) is 9.17. The van der Waals surface area contributed by atoms with Crippen LogP contribution in [0.4, 0.5) is 10.6 Å². The fraction of sp³-hybridized carbons (Fsp3) is 0.611. The first kappa shape index (κ1) is 18.4. The largest absolute Gasteiger partial charge is 0.354 e. The molecule has 8 nitrogen and oxygen atoms in total. The maximum atomic E-state index is 12.6. The molecule has 0 atom stereocenters. The lowest BCUT2D eigenvalue weighted by molar-refractivity contribution is -0.134. The summed E-state index contributed by atoms with van der Waals surface area (Å²) in [5.41, 5.74) is 0. The molecule has 1 aromatic rings. The molecular weight excluding hydrogens is 332 g/mol. The molecule has 3 rings (SSSR count). The van der Waals surface area contributed by atoms with E-state index in [2.05, 4.69) is 14.8 Å². The smallest absolute Gasteiger partial charge is 0.319 e. The molecule has 0 aromatic carbocycles. The predicted octanol–water partition coefficient (Wildman–Crippen LogP) is 0.0294. The van der Waals surface area contributed by atoms with Crippen molar-refractivity contribution in [2.24, 2.45) is 0 Å². The van der Waals surface area contributed by atoms with E-state index in [1.807, 2.05) is 29.3 Å². The Balaban J connectivity index is 1.42. The number of urea groups is 1. The van der Waals surface area contributed by atoms with Gasteiger partial charge in [-0.2, -0.15) is 0 Å². The molecule has 0 radical (unpaired) electrons. The molecule has 0 saturated carbocycles. The van der Waals surface area contributed by atoms with E-state index in [9.17, 15) is 9.59 Å². The van der Waals surface area contributed by atoms with Gasteiger partial charge < -0.3 is 19.6 Å². The number of carbonyl (C=O) groups excluding carboxylic acids is 2. The lowest BCUT2D eigenvalue weighted by Crippen LogP contribution is -2.55. The van der Waals surface area contributed by atoms with Crippen molar-refractivity contribution >= 4 is 17.8 Å². The van der Waals surface area contributed by atoms with Gasteiger partial charge in [0.25, 0.3) is 0 Å². The Kier molecular flexibility index (Phi) is 5.92. The number of hydrogen-bond acceptors (Lipinski definition) is 5. The first-order chi connectivity index (χ1) is 12.5. The zero-order valence-corrected chi connectivity index (χ0v) is 15.7. The van der Waals surface area contributed by atoms with E-state index in [4.69, 9.17) is 0 Å². The minimum atomic E-state index is 0.0164. The third kappa shape index (κ3) is 4.43. The van der Waals surface area contributed by atoms with E-state index in [0.717, 1.165) is 32.0 Å². The number of piperazine rings is 2. The van der Waals surface area contributed by atoms with Gasteiger partial charge in [-0.05, 0) is 12.1 Å². The van der Waals surface area contributed by atoms with E-state index in [-0.39, 0.29) is 11.9 Å². The quantitative estimate of drug-likeness (QED) is 0.761. The number of carbonyl (C=O) groups is 2. The van der Waals surface area contributed by atoms with Crippen molar-refractivity contribution in [2.75, 3.05) is 77.9 Å². The fourth-order valence-electron chi connectivity index (χ4n) is 3.40. The second kappa shape index (κ2) is 8.35.